The normalized spacial score (nSPS) is 10.3. The summed E-state index contributed by atoms with van der Waals surface area (Å²) in [6.07, 6.45) is 2.97. The van der Waals surface area contributed by atoms with Crippen molar-refractivity contribution in [2.24, 2.45) is 0 Å². The van der Waals surface area contributed by atoms with Gasteiger partial charge in [-0.2, -0.15) is 9.97 Å². The molecule has 0 aliphatic rings. The number of aryl methyl sites for hydroxylation is 1. The minimum Gasteiger partial charge on any atom is -0.508 e. The van der Waals surface area contributed by atoms with Gasteiger partial charge in [0.25, 0.3) is 0 Å². The number of carbonyl (C=O) groups excluding carboxylic acids is 1. The number of anilines is 6. The topological polar surface area (TPSA) is 193 Å². The highest BCUT2D eigenvalue weighted by molar-refractivity contribution is 6.30. The van der Waals surface area contributed by atoms with Gasteiger partial charge in [0.05, 0.1) is 12.4 Å². The Morgan fingerprint density at radius 2 is 1.18 bits per heavy atom. The number of hydrogen-bond donors (Lipinski definition) is 5. The van der Waals surface area contributed by atoms with E-state index < -0.39 is 0 Å². The Morgan fingerprint density at radius 1 is 0.700 bits per heavy atom. The lowest BCUT2D eigenvalue weighted by Crippen LogP contribution is -2.03. The minimum atomic E-state index is -0.382. The minimum absolute atomic E-state index is 0.104. The molecular formula is C35H30Cl2N8O5. The van der Waals surface area contributed by atoms with Gasteiger partial charge in [0.15, 0.2) is 23.1 Å². The Labute approximate surface area is 296 Å². The molecule has 0 amide bonds. The number of nitrogens with one attached hydrogen (secondary N) is 2. The summed E-state index contributed by atoms with van der Waals surface area (Å²) in [4.78, 5) is 27.3. The lowest BCUT2D eigenvalue weighted by molar-refractivity contribution is -0.131. The summed E-state index contributed by atoms with van der Waals surface area (Å²) in [5.74, 6) is 3.29. The highest BCUT2D eigenvalue weighted by atomic mass is 35.5. The number of hydrogen-bond acceptors (Lipinski definition) is 13. The SMILES string of the molecule is CC(=O)Oc1ccc(Nc2nc(N)ncc2Oc2ccc(Cl)cc2)cc1.Cc1cc(O)ccc1Nc1nc(N)ncc1Oc1ccc(Cl)cc1. The molecule has 50 heavy (non-hydrogen) atoms. The lowest BCUT2D eigenvalue weighted by atomic mass is 10.2. The van der Waals surface area contributed by atoms with Crippen LogP contribution in [0.4, 0.5) is 34.9 Å². The summed E-state index contributed by atoms with van der Waals surface area (Å²) in [6.45, 7) is 3.21. The largest absolute Gasteiger partial charge is 0.508 e. The van der Waals surface area contributed by atoms with Crippen LogP contribution >= 0.6 is 23.2 Å². The van der Waals surface area contributed by atoms with Crippen molar-refractivity contribution in [3.8, 4) is 34.5 Å². The first-order valence-corrected chi connectivity index (χ1v) is 15.5. The van der Waals surface area contributed by atoms with E-state index in [0.717, 1.165) is 11.3 Å². The van der Waals surface area contributed by atoms with Crippen LogP contribution in [0.2, 0.25) is 10.0 Å². The van der Waals surface area contributed by atoms with Crippen molar-refractivity contribution in [1.29, 1.82) is 0 Å². The first kappa shape index (κ1) is 35.0. The molecule has 254 valence electrons. The molecule has 0 aliphatic heterocycles. The van der Waals surface area contributed by atoms with Gasteiger partial charge in [-0.05, 0) is 103 Å². The number of nitrogens with two attached hydrogens (primary N) is 2. The Kier molecular flexibility index (Phi) is 11.3. The van der Waals surface area contributed by atoms with Gasteiger partial charge in [-0.15, -0.1) is 0 Å². The van der Waals surface area contributed by atoms with Crippen molar-refractivity contribution in [3.63, 3.8) is 0 Å². The van der Waals surface area contributed by atoms with Crippen LogP contribution < -0.4 is 36.3 Å². The lowest BCUT2D eigenvalue weighted by Gasteiger charge is -2.14. The fraction of sp³-hybridized carbons (Fsp3) is 0.0571. The molecule has 0 atom stereocenters. The molecule has 0 fully saturated rings. The maximum Gasteiger partial charge on any atom is 0.308 e. The second kappa shape index (κ2) is 16.2. The van der Waals surface area contributed by atoms with E-state index in [-0.39, 0.29) is 23.6 Å². The predicted molar refractivity (Wildman–Crippen MR) is 193 cm³/mol. The maximum atomic E-state index is 11.0. The number of benzene rings is 4. The van der Waals surface area contributed by atoms with Gasteiger partial charge in [-0.25, -0.2) is 9.97 Å². The van der Waals surface area contributed by atoms with Crippen LogP contribution in [0.3, 0.4) is 0 Å². The van der Waals surface area contributed by atoms with Crippen LogP contribution in [0.5, 0.6) is 34.5 Å². The summed E-state index contributed by atoms with van der Waals surface area (Å²) >= 11 is 11.8. The third-order valence-corrected chi connectivity index (χ3v) is 6.98. The number of aromatic nitrogens is 4. The molecule has 0 radical (unpaired) electrons. The van der Waals surface area contributed by atoms with E-state index in [2.05, 4.69) is 30.6 Å². The number of nitrogen functional groups attached to an aromatic ring is 2. The van der Waals surface area contributed by atoms with Gasteiger partial charge in [-0.1, -0.05) is 23.2 Å². The van der Waals surface area contributed by atoms with Crippen LogP contribution in [0.1, 0.15) is 12.5 Å². The number of halogens is 2. The maximum absolute atomic E-state index is 11.0. The van der Waals surface area contributed by atoms with E-state index in [0.29, 0.717) is 56.1 Å². The van der Waals surface area contributed by atoms with Gasteiger partial charge in [0, 0.05) is 28.3 Å². The van der Waals surface area contributed by atoms with Crippen LogP contribution in [0, 0.1) is 6.92 Å². The van der Waals surface area contributed by atoms with Crippen molar-refractivity contribution in [2.75, 3.05) is 22.1 Å². The number of aromatic hydroxyl groups is 1. The van der Waals surface area contributed by atoms with Crippen molar-refractivity contribution < 1.29 is 24.1 Å². The summed E-state index contributed by atoms with van der Waals surface area (Å²) in [6, 6.07) is 25.6. The first-order valence-electron chi connectivity index (χ1n) is 14.7. The molecule has 13 nitrogen and oxygen atoms in total. The number of nitrogens with zero attached hydrogens (tertiary/aromatic N) is 4. The van der Waals surface area contributed by atoms with E-state index >= 15 is 0 Å². The number of ether oxygens (including phenoxy) is 3. The average Bonchev–Trinajstić information content (AvgIpc) is 3.08. The summed E-state index contributed by atoms with van der Waals surface area (Å²) in [5.41, 5.74) is 13.7. The summed E-state index contributed by atoms with van der Waals surface area (Å²) < 4.78 is 16.6. The number of esters is 1. The van der Waals surface area contributed by atoms with Gasteiger partial charge in [-0.3, -0.25) is 4.79 Å². The van der Waals surface area contributed by atoms with Gasteiger partial charge in [0.2, 0.25) is 11.9 Å². The molecule has 0 unspecified atom stereocenters. The average molecular weight is 714 g/mol. The molecule has 6 aromatic rings. The Bertz CT molecular complexity index is 2080. The highest BCUT2D eigenvalue weighted by Gasteiger charge is 2.12. The smallest absolute Gasteiger partial charge is 0.308 e. The monoisotopic (exact) mass is 712 g/mol. The fourth-order valence-corrected chi connectivity index (χ4v) is 4.43. The van der Waals surface area contributed by atoms with Crippen LogP contribution in [0.15, 0.2) is 103 Å². The van der Waals surface area contributed by atoms with Crippen molar-refractivity contribution >= 4 is 64.1 Å². The van der Waals surface area contributed by atoms with E-state index in [1.807, 2.05) is 6.92 Å². The van der Waals surface area contributed by atoms with E-state index in [9.17, 15) is 9.90 Å². The second-order valence-electron chi connectivity index (χ2n) is 10.4. The number of rotatable bonds is 9. The molecule has 0 saturated carbocycles. The van der Waals surface area contributed by atoms with Crippen molar-refractivity contribution in [3.05, 3.63) is 119 Å². The Morgan fingerprint density at radius 3 is 1.66 bits per heavy atom. The van der Waals surface area contributed by atoms with Gasteiger partial charge >= 0.3 is 5.97 Å². The molecule has 4 aromatic carbocycles. The molecular weight excluding hydrogens is 683 g/mol. The Hall–Kier alpha value is -6.31. The van der Waals surface area contributed by atoms with E-state index in [1.54, 1.807) is 91.0 Å². The van der Waals surface area contributed by atoms with E-state index in [1.165, 1.54) is 19.3 Å². The zero-order valence-electron chi connectivity index (χ0n) is 26.6. The molecule has 0 bridgehead atoms. The number of carbonyl (C=O) groups is 1. The molecule has 6 rings (SSSR count). The third kappa shape index (κ3) is 10.1. The molecule has 0 saturated heterocycles. The predicted octanol–water partition coefficient (Wildman–Crippen LogP) is 8.44. The summed E-state index contributed by atoms with van der Waals surface area (Å²) in [5, 5.41) is 17.0. The molecule has 7 N–H and O–H groups in total. The van der Waals surface area contributed by atoms with Crippen LogP contribution in [-0.4, -0.2) is 31.0 Å². The quantitative estimate of drug-likeness (QED) is 0.0545. The molecule has 2 aromatic heterocycles. The van der Waals surface area contributed by atoms with E-state index in [4.69, 9.17) is 48.9 Å². The third-order valence-electron chi connectivity index (χ3n) is 6.47. The molecule has 0 spiro atoms. The van der Waals surface area contributed by atoms with Crippen LogP contribution in [0.25, 0.3) is 0 Å². The molecule has 0 aliphatic carbocycles. The number of phenolic OH excluding ortho intramolecular Hbond substituents is 1. The summed E-state index contributed by atoms with van der Waals surface area (Å²) in [7, 11) is 0. The van der Waals surface area contributed by atoms with Crippen molar-refractivity contribution in [1.82, 2.24) is 19.9 Å². The Balaban J connectivity index is 0.000000195. The highest BCUT2D eigenvalue weighted by Crippen LogP contribution is 2.33. The van der Waals surface area contributed by atoms with Gasteiger partial charge < -0.3 is 41.4 Å². The van der Waals surface area contributed by atoms with Crippen LogP contribution in [-0.2, 0) is 4.79 Å². The zero-order valence-corrected chi connectivity index (χ0v) is 28.1. The van der Waals surface area contributed by atoms with Crippen molar-refractivity contribution in [2.45, 2.75) is 13.8 Å². The number of phenols is 1. The van der Waals surface area contributed by atoms with Gasteiger partial charge in [0.1, 0.15) is 23.0 Å². The zero-order chi connectivity index (χ0) is 35.6. The second-order valence-corrected chi connectivity index (χ2v) is 11.2. The molecule has 2 heterocycles. The molecule has 15 heteroatoms. The standard InChI is InChI=1S/C18H15ClN4O3.C17H15ClN4O2/c1-11(24)25-14-8-4-13(5-9-14)22-17-16(10-21-18(20)23-17)26-15-6-2-12(19)3-7-15;1-10-8-12(23)4-7-14(10)21-16-15(9-20-17(19)22-16)24-13-5-2-11(18)3-6-13/h2-10H,1H3,(H3,20,21,22,23);2-9,23H,1H3,(H3,19,20,21,22). The fourth-order valence-electron chi connectivity index (χ4n) is 4.18. The first-order chi connectivity index (χ1) is 24.0.